The second-order valence-corrected chi connectivity index (χ2v) is 5.18. The Bertz CT molecular complexity index is 765. The number of carbonyl (C=O) groups excluding carboxylic acids is 1. The van der Waals surface area contributed by atoms with Gasteiger partial charge >= 0.3 is 0 Å². The maximum atomic E-state index is 13.1. The molecule has 0 radical (unpaired) electrons. The third-order valence-electron chi connectivity index (χ3n) is 3.08. The number of aromatic nitrogens is 2. The number of carbonyl (C=O) groups is 1. The molecule has 1 amide bonds. The fourth-order valence-electron chi connectivity index (χ4n) is 1.89. The molecule has 0 aliphatic heterocycles. The number of nitrogens with zero attached hydrogens (tertiary/aromatic N) is 2. The van der Waals surface area contributed by atoms with Gasteiger partial charge in [-0.05, 0) is 42.8 Å². The van der Waals surface area contributed by atoms with Crippen LogP contribution < -0.4 is 5.32 Å². The Hall–Kier alpha value is -2.40. The summed E-state index contributed by atoms with van der Waals surface area (Å²) < 4.78 is 14.8. The number of allylic oxidation sites excluding steroid dienone is 2. The first-order valence-corrected chi connectivity index (χ1v) is 6.88. The molecule has 114 valence electrons. The van der Waals surface area contributed by atoms with Crippen LogP contribution in [0.15, 0.2) is 48.7 Å². The summed E-state index contributed by atoms with van der Waals surface area (Å²) in [7, 11) is 1.80. The Morgan fingerprint density at radius 2 is 2.18 bits per heavy atom. The lowest BCUT2D eigenvalue weighted by atomic mass is 10.1. The van der Waals surface area contributed by atoms with Gasteiger partial charge in [0, 0.05) is 24.5 Å². The van der Waals surface area contributed by atoms with Gasteiger partial charge in [-0.25, -0.2) is 4.39 Å². The van der Waals surface area contributed by atoms with E-state index in [0.29, 0.717) is 16.8 Å². The summed E-state index contributed by atoms with van der Waals surface area (Å²) in [5.41, 5.74) is 2.38. The van der Waals surface area contributed by atoms with Gasteiger partial charge in [0.25, 0.3) is 5.91 Å². The average Bonchev–Trinajstić information content (AvgIpc) is 2.89. The van der Waals surface area contributed by atoms with Crippen LogP contribution in [0.2, 0.25) is 5.02 Å². The van der Waals surface area contributed by atoms with Gasteiger partial charge < -0.3 is 5.32 Å². The quantitative estimate of drug-likeness (QED) is 0.688. The lowest BCUT2D eigenvalue weighted by Gasteiger charge is -2.07. The third-order valence-corrected chi connectivity index (χ3v) is 3.37. The van der Waals surface area contributed by atoms with Crippen molar-refractivity contribution in [2.45, 2.75) is 6.92 Å². The molecule has 1 aromatic heterocycles. The Morgan fingerprint density at radius 3 is 2.77 bits per heavy atom. The van der Waals surface area contributed by atoms with E-state index in [1.807, 2.05) is 6.07 Å². The van der Waals surface area contributed by atoms with Gasteiger partial charge in [0.15, 0.2) is 0 Å². The number of hydrogen-bond donors (Lipinski definition) is 1. The van der Waals surface area contributed by atoms with Gasteiger partial charge in [0.05, 0.1) is 10.7 Å². The molecule has 1 aromatic carbocycles. The van der Waals surface area contributed by atoms with E-state index in [-0.39, 0.29) is 10.9 Å². The zero-order valence-electron chi connectivity index (χ0n) is 12.2. The second kappa shape index (κ2) is 6.58. The van der Waals surface area contributed by atoms with Gasteiger partial charge in [0.2, 0.25) is 0 Å². The lowest BCUT2D eigenvalue weighted by molar-refractivity contribution is -0.112. The first-order chi connectivity index (χ1) is 10.4. The highest BCUT2D eigenvalue weighted by Gasteiger charge is 2.09. The van der Waals surface area contributed by atoms with E-state index in [9.17, 15) is 9.18 Å². The first kappa shape index (κ1) is 16.0. The van der Waals surface area contributed by atoms with Crippen molar-refractivity contribution in [3.05, 3.63) is 65.2 Å². The van der Waals surface area contributed by atoms with Crippen LogP contribution in [0, 0.1) is 5.82 Å². The Morgan fingerprint density at radius 1 is 1.45 bits per heavy atom. The van der Waals surface area contributed by atoms with Crippen LogP contribution >= 0.6 is 11.6 Å². The summed E-state index contributed by atoms with van der Waals surface area (Å²) in [5.74, 6) is -0.845. The molecule has 0 spiro atoms. The van der Waals surface area contributed by atoms with E-state index in [2.05, 4.69) is 17.0 Å². The highest BCUT2D eigenvalue weighted by Crippen LogP contribution is 2.20. The van der Waals surface area contributed by atoms with Crippen LogP contribution in [0.1, 0.15) is 12.6 Å². The molecule has 22 heavy (non-hydrogen) atoms. The standard InChI is InChI=1S/C16H15ClFN3O/c1-10(15-6-7-19-21(15)3)8-11(2)16(22)20-12-4-5-14(18)13(17)9-12/h4-9H,1H2,2-3H3,(H,20,22)/b11-8+. The minimum absolute atomic E-state index is 0.0428. The Kier molecular flexibility index (Phi) is 4.78. The molecule has 0 saturated heterocycles. The zero-order chi connectivity index (χ0) is 16.3. The molecular formula is C16H15ClFN3O. The van der Waals surface area contributed by atoms with Crippen molar-refractivity contribution in [1.29, 1.82) is 0 Å². The van der Waals surface area contributed by atoms with Gasteiger partial charge in [-0.3, -0.25) is 9.48 Å². The van der Waals surface area contributed by atoms with E-state index in [0.717, 1.165) is 5.69 Å². The molecule has 4 nitrogen and oxygen atoms in total. The predicted octanol–water partition coefficient (Wildman–Crippen LogP) is 3.81. The number of rotatable bonds is 4. The van der Waals surface area contributed by atoms with Crippen molar-refractivity contribution in [1.82, 2.24) is 9.78 Å². The maximum Gasteiger partial charge on any atom is 0.251 e. The summed E-state index contributed by atoms with van der Waals surface area (Å²) in [6, 6.07) is 5.82. The number of anilines is 1. The number of aryl methyl sites for hydroxylation is 1. The van der Waals surface area contributed by atoms with Crippen LogP contribution in [0.3, 0.4) is 0 Å². The second-order valence-electron chi connectivity index (χ2n) is 4.78. The number of benzene rings is 1. The molecule has 0 atom stereocenters. The summed E-state index contributed by atoms with van der Waals surface area (Å²) in [4.78, 5) is 12.1. The highest BCUT2D eigenvalue weighted by atomic mass is 35.5. The molecule has 0 aliphatic rings. The Labute approximate surface area is 132 Å². The molecular weight excluding hydrogens is 305 g/mol. The van der Waals surface area contributed by atoms with Crippen molar-refractivity contribution in [3.8, 4) is 0 Å². The fourth-order valence-corrected chi connectivity index (χ4v) is 2.07. The maximum absolute atomic E-state index is 13.1. The summed E-state index contributed by atoms with van der Waals surface area (Å²) in [6.45, 7) is 5.59. The molecule has 6 heteroatoms. The van der Waals surface area contributed by atoms with Gasteiger partial charge in [-0.2, -0.15) is 5.10 Å². The molecule has 1 N–H and O–H groups in total. The smallest absolute Gasteiger partial charge is 0.251 e. The molecule has 2 rings (SSSR count). The van der Waals surface area contributed by atoms with E-state index in [1.165, 1.54) is 18.2 Å². The zero-order valence-corrected chi connectivity index (χ0v) is 13.0. The van der Waals surface area contributed by atoms with E-state index in [1.54, 1.807) is 30.9 Å². The van der Waals surface area contributed by atoms with Gasteiger partial charge in [-0.1, -0.05) is 18.2 Å². The van der Waals surface area contributed by atoms with E-state index >= 15 is 0 Å². The van der Waals surface area contributed by atoms with Gasteiger partial charge in [0.1, 0.15) is 5.82 Å². The lowest BCUT2D eigenvalue weighted by Crippen LogP contribution is -2.13. The summed E-state index contributed by atoms with van der Waals surface area (Å²) in [5, 5.41) is 6.66. The minimum Gasteiger partial charge on any atom is -0.322 e. The van der Waals surface area contributed by atoms with E-state index in [4.69, 9.17) is 11.6 Å². The van der Waals surface area contributed by atoms with Crippen molar-refractivity contribution in [2.75, 3.05) is 5.32 Å². The molecule has 2 aromatic rings. The third kappa shape index (κ3) is 3.62. The van der Waals surface area contributed by atoms with Crippen molar-refractivity contribution < 1.29 is 9.18 Å². The summed E-state index contributed by atoms with van der Waals surface area (Å²) >= 11 is 5.68. The molecule has 0 unspecified atom stereocenters. The van der Waals surface area contributed by atoms with Crippen molar-refractivity contribution in [2.24, 2.45) is 7.05 Å². The van der Waals surface area contributed by atoms with Crippen LogP contribution in [-0.2, 0) is 11.8 Å². The summed E-state index contributed by atoms with van der Waals surface area (Å²) in [6.07, 6.45) is 3.32. The minimum atomic E-state index is -0.531. The van der Waals surface area contributed by atoms with Crippen LogP contribution in [0.4, 0.5) is 10.1 Å². The van der Waals surface area contributed by atoms with E-state index < -0.39 is 5.82 Å². The fraction of sp³-hybridized carbons (Fsp3) is 0.125. The van der Waals surface area contributed by atoms with Crippen molar-refractivity contribution in [3.63, 3.8) is 0 Å². The van der Waals surface area contributed by atoms with Crippen molar-refractivity contribution >= 4 is 28.8 Å². The SMILES string of the molecule is C=C(/C=C(\C)C(=O)Nc1ccc(F)c(Cl)c1)c1ccnn1C. The molecule has 0 bridgehead atoms. The topological polar surface area (TPSA) is 46.9 Å². The average molecular weight is 320 g/mol. The molecule has 1 heterocycles. The Balaban J connectivity index is 2.11. The first-order valence-electron chi connectivity index (χ1n) is 6.50. The highest BCUT2D eigenvalue weighted by molar-refractivity contribution is 6.31. The normalized spacial score (nSPS) is 11.4. The van der Waals surface area contributed by atoms with Crippen LogP contribution in [0.5, 0.6) is 0 Å². The largest absolute Gasteiger partial charge is 0.322 e. The number of amides is 1. The number of halogens is 2. The molecule has 0 aliphatic carbocycles. The number of hydrogen-bond acceptors (Lipinski definition) is 2. The molecule has 0 fully saturated rings. The number of nitrogens with one attached hydrogen (secondary N) is 1. The van der Waals surface area contributed by atoms with Gasteiger partial charge in [-0.15, -0.1) is 0 Å². The predicted molar refractivity (Wildman–Crippen MR) is 86.0 cm³/mol. The van der Waals surface area contributed by atoms with Crippen LogP contribution in [0.25, 0.3) is 5.57 Å². The molecule has 0 saturated carbocycles. The monoisotopic (exact) mass is 319 g/mol. The van der Waals surface area contributed by atoms with Crippen LogP contribution in [-0.4, -0.2) is 15.7 Å².